The Kier molecular flexibility index (Phi) is 3.01. The fourth-order valence-corrected chi connectivity index (χ4v) is 1.24. The van der Waals surface area contributed by atoms with Crippen LogP contribution in [-0.2, 0) is 6.42 Å². The van der Waals surface area contributed by atoms with Crippen LogP contribution in [0.2, 0.25) is 0 Å². The highest BCUT2D eigenvalue weighted by Crippen LogP contribution is 2.11. The monoisotopic (exact) mass is 179 g/mol. The molecule has 0 atom stereocenters. The number of nitrogens with zero attached hydrogens (tertiary/aromatic N) is 1. The van der Waals surface area contributed by atoms with Crippen molar-refractivity contribution in [3.05, 3.63) is 29.6 Å². The summed E-state index contributed by atoms with van der Waals surface area (Å²) in [5, 5.41) is 8.82. The highest BCUT2D eigenvalue weighted by Gasteiger charge is 2.11. The van der Waals surface area contributed by atoms with E-state index in [4.69, 9.17) is 5.11 Å². The molecule has 3 heteroatoms. The quantitative estimate of drug-likeness (QED) is 0.771. The summed E-state index contributed by atoms with van der Waals surface area (Å²) in [6, 6.07) is 3.58. The summed E-state index contributed by atoms with van der Waals surface area (Å²) < 4.78 is 0. The predicted octanol–water partition coefficient (Wildman–Crippen LogP) is 1.98. The van der Waals surface area contributed by atoms with Crippen molar-refractivity contribution in [2.24, 2.45) is 5.92 Å². The number of carboxylic acids is 1. The summed E-state index contributed by atoms with van der Waals surface area (Å²) in [5.74, 6) is -0.501. The van der Waals surface area contributed by atoms with Crippen molar-refractivity contribution in [2.45, 2.75) is 20.3 Å². The molecule has 1 rings (SSSR count). The molecule has 0 saturated heterocycles. The predicted molar refractivity (Wildman–Crippen MR) is 49.7 cm³/mol. The van der Waals surface area contributed by atoms with Crippen molar-refractivity contribution < 1.29 is 9.90 Å². The third-order valence-corrected chi connectivity index (χ3v) is 1.72. The van der Waals surface area contributed by atoms with Gasteiger partial charge in [-0.05, 0) is 24.0 Å². The van der Waals surface area contributed by atoms with Crippen molar-refractivity contribution in [1.82, 2.24) is 4.98 Å². The minimum atomic E-state index is -0.948. The van der Waals surface area contributed by atoms with Gasteiger partial charge in [-0.3, -0.25) is 0 Å². The van der Waals surface area contributed by atoms with E-state index in [2.05, 4.69) is 18.8 Å². The van der Waals surface area contributed by atoms with Crippen molar-refractivity contribution in [2.75, 3.05) is 0 Å². The van der Waals surface area contributed by atoms with Gasteiger partial charge in [0.2, 0.25) is 0 Å². The van der Waals surface area contributed by atoms with E-state index in [9.17, 15) is 4.79 Å². The number of carboxylic acid groups (broad SMARTS) is 1. The molecule has 13 heavy (non-hydrogen) atoms. The summed E-state index contributed by atoms with van der Waals surface area (Å²) in [5.41, 5.74) is 0.987. The van der Waals surface area contributed by atoms with Crippen LogP contribution in [0.1, 0.15) is 29.9 Å². The molecule has 1 aromatic heterocycles. The molecular formula is C10H13NO2. The summed E-state index contributed by atoms with van der Waals surface area (Å²) in [6.45, 7) is 4.11. The van der Waals surface area contributed by atoms with Gasteiger partial charge in [-0.15, -0.1) is 0 Å². The average molecular weight is 179 g/mol. The first kappa shape index (κ1) is 9.71. The number of carbonyl (C=O) groups is 1. The summed E-state index contributed by atoms with van der Waals surface area (Å²) in [4.78, 5) is 14.6. The molecule has 0 radical (unpaired) electrons. The lowest BCUT2D eigenvalue weighted by molar-refractivity contribution is 0.0689. The topological polar surface area (TPSA) is 50.2 Å². The highest BCUT2D eigenvalue weighted by molar-refractivity contribution is 5.86. The first-order valence-electron chi connectivity index (χ1n) is 4.28. The van der Waals surface area contributed by atoms with Crippen LogP contribution in [0.3, 0.4) is 0 Å². The van der Waals surface area contributed by atoms with Crippen LogP contribution in [0.5, 0.6) is 0 Å². The molecule has 1 heterocycles. The van der Waals surface area contributed by atoms with Crippen molar-refractivity contribution in [3.63, 3.8) is 0 Å². The number of hydrogen-bond donors (Lipinski definition) is 1. The molecule has 0 aromatic carbocycles. The Morgan fingerprint density at radius 3 is 2.85 bits per heavy atom. The molecule has 0 aliphatic heterocycles. The first-order chi connectivity index (χ1) is 6.11. The van der Waals surface area contributed by atoms with Crippen LogP contribution in [0, 0.1) is 5.92 Å². The summed E-state index contributed by atoms with van der Waals surface area (Å²) in [6.07, 6.45) is 2.27. The first-order valence-corrected chi connectivity index (χ1v) is 4.28. The van der Waals surface area contributed by atoms with Crippen molar-refractivity contribution in [3.8, 4) is 0 Å². The second-order valence-corrected chi connectivity index (χ2v) is 3.41. The van der Waals surface area contributed by atoms with Crippen LogP contribution in [0.4, 0.5) is 0 Å². The molecule has 0 saturated carbocycles. The second kappa shape index (κ2) is 4.03. The van der Waals surface area contributed by atoms with E-state index in [1.54, 1.807) is 6.07 Å². The molecule has 0 aliphatic carbocycles. The number of hydrogen-bond acceptors (Lipinski definition) is 2. The zero-order valence-electron chi connectivity index (χ0n) is 7.82. The van der Waals surface area contributed by atoms with E-state index in [0.29, 0.717) is 5.92 Å². The van der Waals surface area contributed by atoms with Gasteiger partial charge < -0.3 is 5.11 Å². The zero-order valence-corrected chi connectivity index (χ0v) is 7.82. The van der Waals surface area contributed by atoms with Gasteiger partial charge in [0.25, 0.3) is 0 Å². The second-order valence-electron chi connectivity index (χ2n) is 3.41. The van der Waals surface area contributed by atoms with Crippen LogP contribution >= 0.6 is 0 Å². The Labute approximate surface area is 77.4 Å². The molecule has 70 valence electrons. The lowest BCUT2D eigenvalue weighted by atomic mass is 10.0. The zero-order chi connectivity index (χ0) is 9.84. The fourth-order valence-electron chi connectivity index (χ4n) is 1.24. The summed E-state index contributed by atoms with van der Waals surface area (Å²) in [7, 11) is 0. The minimum absolute atomic E-state index is 0.177. The van der Waals surface area contributed by atoms with Gasteiger partial charge in [-0.25, -0.2) is 9.78 Å². The van der Waals surface area contributed by atoms with E-state index >= 15 is 0 Å². The van der Waals surface area contributed by atoms with Gasteiger partial charge in [0.1, 0.15) is 0 Å². The van der Waals surface area contributed by atoms with Gasteiger partial charge in [0.05, 0.1) is 0 Å². The molecule has 1 N–H and O–H groups in total. The standard InChI is InChI=1S/C10H13NO2/c1-7(2)6-8-4-3-5-11-9(8)10(12)13/h3-5,7H,6H2,1-2H3,(H,12,13). The van der Waals surface area contributed by atoms with Gasteiger partial charge in [-0.1, -0.05) is 19.9 Å². The number of rotatable bonds is 3. The van der Waals surface area contributed by atoms with E-state index in [1.807, 2.05) is 6.07 Å². The molecule has 1 aromatic rings. The third kappa shape index (κ3) is 2.54. The number of pyridine rings is 1. The van der Waals surface area contributed by atoms with Crippen LogP contribution in [-0.4, -0.2) is 16.1 Å². The summed E-state index contributed by atoms with van der Waals surface area (Å²) >= 11 is 0. The molecular weight excluding hydrogens is 166 g/mol. The van der Waals surface area contributed by atoms with E-state index < -0.39 is 5.97 Å². The Morgan fingerprint density at radius 1 is 1.62 bits per heavy atom. The lowest BCUT2D eigenvalue weighted by Crippen LogP contribution is -2.07. The van der Waals surface area contributed by atoms with E-state index in [0.717, 1.165) is 12.0 Å². The van der Waals surface area contributed by atoms with Crippen molar-refractivity contribution >= 4 is 5.97 Å². The number of aromatic nitrogens is 1. The smallest absolute Gasteiger partial charge is 0.354 e. The van der Waals surface area contributed by atoms with Crippen molar-refractivity contribution in [1.29, 1.82) is 0 Å². The minimum Gasteiger partial charge on any atom is -0.477 e. The Balaban J connectivity index is 2.98. The van der Waals surface area contributed by atoms with E-state index in [1.165, 1.54) is 6.20 Å². The average Bonchev–Trinajstić information content (AvgIpc) is 2.03. The third-order valence-electron chi connectivity index (χ3n) is 1.72. The van der Waals surface area contributed by atoms with Crippen LogP contribution in [0.25, 0.3) is 0 Å². The molecule has 0 bridgehead atoms. The maximum atomic E-state index is 10.7. The molecule has 0 fully saturated rings. The molecule has 0 unspecified atom stereocenters. The van der Waals surface area contributed by atoms with Crippen LogP contribution in [0.15, 0.2) is 18.3 Å². The lowest BCUT2D eigenvalue weighted by Gasteiger charge is -2.06. The van der Waals surface area contributed by atoms with E-state index in [-0.39, 0.29) is 5.69 Å². The maximum Gasteiger partial charge on any atom is 0.354 e. The Morgan fingerprint density at radius 2 is 2.31 bits per heavy atom. The normalized spacial score (nSPS) is 10.4. The fraction of sp³-hybridized carbons (Fsp3) is 0.400. The van der Waals surface area contributed by atoms with Gasteiger partial charge in [0, 0.05) is 6.20 Å². The SMILES string of the molecule is CC(C)Cc1cccnc1C(=O)O. The van der Waals surface area contributed by atoms with Gasteiger partial charge in [-0.2, -0.15) is 0 Å². The Hall–Kier alpha value is -1.38. The maximum absolute atomic E-state index is 10.7. The largest absolute Gasteiger partial charge is 0.477 e. The Bertz CT molecular complexity index is 308. The van der Waals surface area contributed by atoms with Gasteiger partial charge in [0.15, 0.2) is 5.69 Å². The molecule has 3 nitrogen and oxygen atoms in total. The highest BCUT2D eigenvalue weighted by atomic mass is 16.4. The molecule has 0 spiro atoms. The molecule has 0 aliphatic rings. The number of aromatic carboxylic acids is 1. The van der Waals surface area contributed by atoms with Crippen LogP contribution < -0.4 is 0 Å². The van der Waals surface area contributed by atoms with Gasteiger partial charge >= 0.3 is 5.97 Å². The molecule has 0 amide bonds.